The van der Waals surface area contributed by atoms with Gasteiger partial charge in [-0.3, -0.25) is 5.41 Å². The molecule has 0 saturated heterocycles. The number of nitrogens with one attached hydrogen (secondary N) is 1. The van der Waals surface area contributed by atoms with Gasteiger partial charge in [-0.25, -0.2) is 4.98 Å². The molecular weight excluding hydrogens is 226 g/mol. The van der Waals surface area contributed by atoms with Gasteiger partial charge in [0, 0.05) is 51.9 Å². The summed E-state index contributed by atoms with van der Waals surface area (Å²) in [6.45, 7) is 7.29. The van der Waals surface area contributed by atoms with Gasteiger partial charge < -0.3 is 15.2 Å². The van der Waals surface area contributed by atoms with E-state index in [-0.39, 0.29) is 5.84 Å². The molecule has 102 valence electrons. The third-order valence-corrected chi connectivity index (χ3v) is 2.89. The number of aromatic nitrogens is 2. The van der Waals surface area contributed by atoms with Crippen molar-refractivity contribution in [2.24, 2.45) is 18.7 Å². The normalized spacial score (nSPS) is 11.4. The predicted molar refractivity (Wildman–Crippen MR) is 74.7 cm³/mol. The summed E-state index contributed by atoms with van der Waals surface area (Å²) in [7, 11) is 2.02. The molecule has 1 heterocycles. The van der Waals surface area contributed by atoms with Crippen LogP contribution in [-0.4, -0.2) is 39.9 Å². The van der Waals surface area contributed by atoms with Crippen molar-refractivity contribution in [1.82, 2.24) is 14.5 Å². The molecule has 0 spiro atoms. The van der Waals surface area contributed by atoms with Gasteiger partial charge in [-0.1, -0.05) is 13.8 Å². The topological polar surface area (TPSA) is 70.9 Å². The molecule has 0 aliphatic carbocycles. The quantitative estimate of drug-likeness (QED) is 0.539. The van der Waals surface area contributed by atoms with Crippen molar-refractivity contribution < 1.29 is 0 Å². The fourth-order valence-electron chi connectivity index (χ4n) is 1.98. The Morgan fingerprint density at radius 3 is 2.72 bits per heavy atom. The fourth-order valence-corrected chi connectivity index (χ4v) is 1.98. The van der Waals surface area contributed by atoms with E-state index >= 15 is 0 Å². The molecule has 3 N–H and O–H groups in total. The minimum Gasteiger partial charge on any atom is -0.388 e. The van der Waals surface area contributed by atoms with Crippen LogP contribution in [0.4, 0.5) is 0 Å². The average molecular weight is 251 g/mol. The van der Waals surface area contributed by atoms with Gasteiger partial charge in [0.15, 0.2) is 0 Å². The Morgan fingerprint density at radius 1 is 1.50 bits per heavy atom. The average Bonchev–Trinajstić information content (AvgIpc) is 2.67. The Balaban J connectivity index is 2.45. The van der Waals surface area contributed by atoms with Gasteiger partial charge in [-0.05, 0) is 5.92 Å². The number of rotatable bonds is 8. The lowest BCUT2D eigenvalue weighted by molar-refractivity contribution is 0.251. The van der Waals surface area contributed by atoms with E-state index in [4.69, 9.17) is 11.1 Å². The molecule has 0 bridgehead atoms. The van der Waals surface area contributed by atoms with E-state index in [2.05, 4.69) is 28.3 Å². The molecule has 0 saturated carbocycles. The van der Waals surface area contributed by atoms with Crippen LogP contribution >= 0.6 is 0 Å². The van der Waals surface area contributed by atoms with Crippen molar-refractivity contribution in [1.29, 1.82) is 5.41 Å². The predicted octanol–water partition coefficient (Wildman–Crippen LogP) is 1.25. The van der Waals surface area contributed by atoms with Crippen LogP contribution in [0.15, 0.2) is 12.4 Å². The van der Waals surface area contributed by atoms with Crippen LogP contribution in [0.25, 0.3) is 0 Å². The molecule has 0 fully saturated rings. The SMILES string of the molecule is CC(C)CN(CCC(=N)N)CCc1nccn1C. The highest BCUT2D eigenvalue weighted by Gasteiger charge is 2.09. The van der Waals surface area contributed by atoms with Gasteiger partial charge in [-0.2, -0.15) is 0 Å². The zero-order chi connectivity index (χ0) is 13.5. The zero-order valence-electron chi connectivity index (χ0n) is 11.7. The summed E-state index contributed by atoms with van der Waals surface area (Å²) in [6.07, 6.45) is 5.39. The Labute approximate surface area is 110 Å². The minimum atomic E-state index is 0.265. The summed E-state index contributed by atoms with van der Waals surface area (Å²) < 4.78 is 2.05. The second-order valence-corrected chi connectivity index (χ2v) is 5.17. The molecule has 0 unspecified atom stereocenters. The number of amidine groups is 1. The Hall–Kier alpha value is -1.36. The van der Waals surface area contributed by atoms with E-state index in [1.165, 1.54) is 0 Å². The number of imidazole rings is 1. The summed E-state index contributed by atoms with van der Waals surface area (Å²) in [6, 6.07) is 0. The van der Waals surface area contributed by atoms with Crippen LogP contribution in [0.1, 0.15) is 26.1 Å². The summed E-state index contributed by atoms with van der Waals surface area (Å²) in [5.41, 5.74) is 5.43. The van der Waals surface area contributed by atoms with Crippen LogP contribution < -0.4 is 5.73 Å². The maximum absolute atomic E-state index is 7.31. The smallest absolute Gasteiger partial charge is 0.109 e. The Morgan fingerprint density at radius 2 is 2.22 bits per heavy atom. The van der Waals surface area contributed by atoms with Crippen molar-refractivity contribution in [3.8, 4) is 0 Å². The van der Waals surface area contributed by atoms with E-state index in [9.17, 15) is 0 Å². The summed E-state index contributed by atoms with van der Waals surface area (Å²) in [5, 5.41) is 7.31. The van der Waals surface area contributed by atoms with E-state index in [1.54, 1.807) is 0 Å². The Kier molecular flexibility index (Phi) is 5.85. The van der Waals surface area contributed by atoms with E-state index in [0.29, 0.717) is 12.3 Å². The molecule has 5 heteroatoms. The summed E-state index contributed by atoms with van der Waals surface area (Å²) in [4.78, 5) is 6.69. The van der Waals surface area contributed by atoms with Crippen molar-refractivity contribution in [2.45, 2.75) is 26.7 Å². The molecule has 0 amide bonds. The maximum Gasteiger partial charge on any atom is 0.109 e. The lowest BCUT2D eigenvalue weighted by Crippen LogP contribution is -2.33. The zero-order valence-corrected chi connectivity index (χ0v) is 11.7. The molecule has 5 nitrogen and oxygen atoms in total. The summed E-state index contributed by atoms with van der Waals surface area (Å²) in [5.74, 6) is 1.99. The molecule has 1 rings (SSSR count). The first-order chi connectivity index (χ1) is 8.49. The van der Waals surface area contributed by atoms with Crippen molar-refractivity contribution in [2.75, 3.05) is 19.6 Å². The largest absolute Gasteiger partial charge is 0.388 e. The van der Waals surface area contributed by atoms with Gasteiger partial charge >= 0.3 is 0 Å². The lowest BCUT2D eigenvalue weighted by Gasteiger charge is -2.23. The van der Waals surface area contributed by atoms with Gasteiger partial charge in [0.05, 0.1) is 5.84 Å². The second-order valence-electron chi connectivity index (χ2n) is 5.17. The number of nitrogens with two attached hydrogens (primary N) is 1. The number of aryl methyl sites for hydroxylation is 1. The molecule has 0 aliphatic heterocycles. The van der Waals surface area contributed by atoms with Gasteiger partial charge in [0.25, 0.3) is 0 Å². The molecule has 0 aromatic carbocycles. The third-order valence-electron chi connectivity index (χ3n) is 2.89. The standard InChI is InChI=1S/C13H25N5/c1-11(2)10-18(7-4-12(14)15)8-5-13-16-6-9-17(13)3/h6,9,11H,4-5,7-8,10H2,1-3H3,(H3,14,15). The first-order valence-electron chi connectivity index (χ1n) is 6.50. The first kappa shape index (κ1) is 14.7. The highest BCUT2D eigenvalue weighted by atomic mass is 15.1. The Bertz CT molecular complexity index is 369. The highest BCUT2D eigenvalue weighted by molar-refractivity contribution is 5.76. The molecule has 18 heavy (non-hydrogen) atoms. The molecule has 0 atom stereocenters. The highest BCUT2D eigenvalue weighted by Crippen LogP contribution is 2.03. The lowest BCUT2D eigenvalue weighted by atomic mass is 10.2. The van der Waals surface area contributed by atoms with Gasteiger partial charge in [-0.15, -0.1) is 0 Å². The summed E-state index contributed by atoms with van der Waals surface area (Å²) >= 11 is 0. The third kappa shape index (κ3) is 5.31. The number of hydrogen-bond acceptors (Lipinski definition) is 3. The van der Waals surface area contributed by atoms with Crippen LogP contribution in [0.5, 0.6) is 0 Å². The van der Waals surface area contributed by atoms with E-state index in [0.717, 1.165) is 31.9 Å². The van der Waals surface area contributed by atoms with Crippen molar-refractivity contribution >= 4 is 5.84 Å². The van der Waals surface area contributed by atoms with Crippen LogP contribution in [0.2, 0.25) is 0 Å². The minimum absolute atomic E-state index is 0.265. The van der Waals surface area contributed by atoms with E-state index in [1.807, 2.05) is 19.4 Å². The monoisotopic (exact) mass is 251 g/mol. The van der Waals surface area contributed by atoms with E-state index < -0.39 is 0 Å². The fraction of sp³-hybridized carbons (Fsp3) is 0.692. The van der Waals surface area contributed by atoms with Crippen LogP contribution in [0.3, 0.4) is 0 Å². The van der Waals surface area contributed by atoms with Crippen molar-refractivity contribution in [3.63, 3.8) is 0 Å². The van der Waals surface area contributed by atoms with Gasteiger partial charge in [0.1, 0.15) is 5.82 Å². The first-order valence-corrected chi connectivity index (χ1v) is 6.50. The molecule has 0 aliphatic rings. The van der Waals surface area contributed by atoms with Crippen molar-refractivity contribution in [3.05, 3.63) is 18.2 Å². The molecular formula is C13H25N5. The molecule has 1 aromatic heterocycles. The maximum atomic E-state index is 7.31. The van der Waals surface area contributed by atoms with Crippen LogP contribution in [0, 0.1) is 11.3 Å². The number of hydrogen-bond donors (Lipinski definition) is 2. The van der Waals surface area contributed by atoms with Crippen LogP contribution in [-0.2, 0) is 13.5 Å². The second kappa shape index (κ2) is 7.16. The molecule has 0 radical (unpaired) electrons. The number of nitrogens with zero attached hydrogens (tertiary/aromatic N) is 3. The molecule has 1 aromatic rings. The van der Waals surface area contributed by atoms with Gasteiger partial charge in [0.2, 0.25) is 0 Å².